The fourth-order valence-corrected chi connectivity index (χ4v) is 2.24. The first-order valence-electron chi connectivity index (χ1n) is 8.53. The molecule has 0 radical (unpaired) electrons. The zero-order chi connectivity index (χ0) is 19.1. The zero-order valence-corrected chi connectivity index (χ0v) is 15.6. The maximum absolute atomic E-state index is 11.9. The standard InChI is InChI=1S/C21H24O5/c1-14(2)12-25-21(23)17-6-8-18(9-7-17)26-20(22)13-24-19-10-5-15(3)11-16(19)4/h5-11,14H,12-13H2,1-4H3. The summed E-state index contributed by atoms with van der Waals surface area (Å²) in [6.07, 6.45) is 0. The van der Waals surface area contributed by atoms with Crippen LogP contribution in [-0.2, 0) is 9.53 Å². The molecule has 0 saturated heterocycles. The van der Waals surface area contributed by atoms with E-state index < -0.39 is 11.9 Å². The normalized spacial score (nSPS) is 10.5. The summed E-state index contributed by atoms with van der Waals surface area (Å²) < 4.78 is 15.9. The van der Waals surface area contributed by atoms with Crippen molar-refractivity contribution in [2.24, 2.45) is 5.92 Å². The molecule has 0 bridgehead atoms. The second kappa shape index (κ2) is 9.04. The molecule has 5 heteroatoms. The maximum Gasteiger partial charge on any atom is 0.349 e. The fourth-order valence-electron chi connectivity index (χ4n) is 2.24. The zero-order valence-electron chi connectivity index (χ0n) is 15.6. The highest BCUT2D eigenvalue weighted by molar-refractivity contribution is 5.89. The minimum absolute atomic E-state index is 0.192. The molecule has 0 saturated carbocycles. The van der Waals surface area contributed by atoms with Crippen LogP contribution in [0.1, 0.15) is 35.3 Å². The predicted octanol–water partition coefficient (Wildman–Crippen LogP) is 4.10. The minimum Gasteiger partial charge on any atom is -0.482 e. The first-order valence-corrected chi connectivity index (χ1v) is 8.53. The van der Waals surface area contributed by atoms with Crippen molar-refractivity contribution < 1.29 is 23.8 Å². The van der Waals surface area contributed by atoms with Gasteiger partial charge in [-0.3, -0.25) is 0 Å². The van der Waals surface area contributed by atoms with Gasteiger partial charge in [0.05, 0.1) is 12.2 Å². The summed E-state index contributed by atoms with van der Waals surface area (Å²) in [4.78, 5) is 23.8. The van der Waals surface area contributed by atoms with Gasteiger partial charge in [-0.15, -0.1) is 0 Å². The van der Waals surface area contributed by atoms with Crippen LogP contribution in [0.4, 0.5) is 0 Å². The highest BCUT2D eigenvalue weighted by Crippen LogP contribution is 2.19. The minimum atomic E-state index is -0.514. The summed E-state index contributed by atoms with van der Waals surface area (Å²) in [5.41, 5.74) is 2.50. The number of hydrogen-bond acceptors (Lipinski definition) is 5. The van der Waals surface area contributed by atoms with E-state index in [1.54, 1.807) is 24.3 Å². The van der Waals surface area contributed by atoms with E-state index in [0.29, 0.717) is 23.7 Å². The Morgan fingerprint density at radius 1 is 1.00 bits per heavy atom. The Hall–Kier alpha value is -2.82. The summed E-state index contributed by atoms with van der Waals surface area (Å²) in [5.74, 6) is 0.363. The first-order chi connectivity index (χ1) is 12.3. The van der Waals surface area contributed by atoms with Crippen LogP contribution in [0.5, 0.6) is 11.5 Å². The van der Waals surface area contributed by atoms with Crippen molar-refractivity contribution in [2.75, 3.05) is 13.2 Å². The van der Waals surface area contributed by atoms with Crippen LogP contribution < -0.4 is 9.47 Å². The van der Waals surface area contributed by atoms with Crippen LogP contribution in [0.3, 0.4) is 0 Å². The van der Waals surface area contributed by atoms with Gasteiger partial charge in [0, 0.05) is 0 Å². The second-order valence-corrected chi connectivity index (χ2v) is 6.55. The molecule has 26 heavy (non-hydrogen) atoms. The van der Waals surface area contributed by atoms with Gasteiger partial charge in [0.1, 0.15) is 11.5 Å². The number of ether oxygens (including phenoxy) is 3. The van der Waals surface area contributed by atoms with Crippen LogP contribution in [-0.4, -0.2) is 25.2 Å². The van der Waals surface area contributed by atoms with E-state index in [4.69, 9.17) is 14.2 Å². The Bertz CT molecular complexity index is 762. The fraction of sp³-hybridized carbons (Fsp3) is 0.333. The van der Waals surface area contributed by atoms with Gasteiger partial charge in [0.2, 0.25) is 0 Å². The molecule has 0 spiro atoms. The number of aryl methyl sites for hydroxylation is 2. The molecule has 0 aliphatic carbocycles. The monoisotopic (exact) mass is 356 g/mol. The lowest BCUT2D eigenvalue weighted by atomic mass is 10.1. The lowest BCUT2D eigenvalue weighted by molar-refractivity contribution is -0.136. The summed E-state index contributed by atoms with van der Waals surface area (Å²) >= 11 is 0. The van der Waals surface area contributed by atoms with Gasteiger partial charge in [-0.05, 0) is 55.7 Å². The van der Waals surface area contributed by atoms with Crippen molar-refractivity contribution in [3.63, 3.8) is 0 Å². The Labute approximate surface area is 153 Å². The van der Waals surface area contributed by atoms with E-state index in [1.165, 1.54) is 0 Å². The van der Waals surface area contributed by atoms with Crippen molar-refractivity contribution in [3.05, 3.63) is 59.2 Å². The highest BCUT2D eigenvalue weighted by atomic mass is 16.6. The number of carbonyl (C=O) groups excluding carboxylic acids is 2. The molecule has 2 rings (SSSR count). The number of benzene rings is 2. The molecule has 0 atom stereocenters. The third kappa shape index (κ3) is 5.92. The van der Waals surface area contributed by atoms with Gasteiger partial charge in [-0.25, -0.2) is 9.59 Å². The van der Waals surface area contributed by atoms with Gasteiger partial charge < -0.3 is 14.2 Å². The van der Waals surface area contributed by atoms with E-state index in [-0.39, 0.29) is 12.5 Å². The SMILES string of the molecule is Cc1ccc(OCC(=O)Oc2ccc(C(=O)OCC(C)C)cc2)c(C)c1. The molecular formula is C21H24O5. The van der Waals surface area contributed by atoms with Gasteiger partial charge >= 0.3 is 11.9 Å². The van der Waals surface area contributed by atoms with Crippen molar-refractivity contribution in [1.82, 2.24) is 0 Å². The highest BCUT2D eigenvalue weighted by Gasteiger charge is 2.11. The van der Waals surface area contributed by atoms with Crippen LogP contribution in [0.15, 0.2) is 42.5 Å². The van der Waals surface area contributed by atoms with Gasteiger partial charge in [0.25, 0.3) is 0 Å². The first kappa shape index (κ1) is 19.5. The molecule has 2 aromatic carbocycles. The summed E-state index contributed by atoms with van der Waals surface area (Å²) in [7, 11) is 0. The van der Waals surface area contributed by atoms with Crippen molar-refractivity contribution in [2.45, 2.75) is 27.7 Å². The Kier molecular flexibility index (Phi) is 6.78. The average molecular weight is 356 g/mol. The van der Waals surface area contributed by atoms with E-state index in [2.05, 4.69) is 0 Å². The lowest BCUT2D eigenvalue weighted by Gasteiger charge is -2.10. The number of hydrogen-bond donors (Lipinski definition) is 0. The molecular weight excluding hydrogens is 332 g/mol. The molecule has 2 aromatic rings. The lowest BCUT2D eigenvalue weighted by Crippen LogP contribution is -2.18. The van der Waals surface area contributed by atoms with Crippen LogP contribution in [0.2, 0.25) is 0 Å². The van der Waals surface area contributed by atoms with Crippen molar-refractivity contribution in [3.8, 4) is 11.5 Å². The quantitative estimate of drug-likeness (QED) is 0.552. The molecule has 138 valence electrons. The van der Waals surface area contributed by atoms with Gasteiger partial charge in [0.15, 0.2) is 6.61 Å². The third-order valence-corrected chi connectivity index (χ3v) is 3.55. The Morgan fingerprint density at radius 3 is 2.31 bits per heavy atom. The second-order valence-electron chi connectivity index (χ2n) is 6.55. The average Bonchev–Trinajstić information content (AvgIpc) is 2.59. The smallest absolute Gasteiger partial charge is 0.349 e. The molecule has 0 unspecified atom stereocenters. The molecule has 0 N–H and O–H groups in total. The van der Waals surface area contributed by atoms with Gasteiger partial charge in [-0.2, -0.15) is 0 Å². The number of rotatable bonds is 7. The molecule has 0 aliphatic rings. The Morgan fingerprint density at radius 2 is 1.69 bits per heavy atom. The van der Waals surface area contributed by atoms with Crippen LogP contribution in [0, 0.1) is 19.8 Å². The largest absolute Gasteiger partial charge is 0.482 e. The third-order valence-electron chi connectivity index (χ3n) is 3.55. The molecule has 0 amide bonds. The number of esters is 2. The van der Waals surface area contributed by atoms with E-state index >= 15 is 0 Å². The number of carbonyl (C=O) groups is 2. The van der Waals surface area contributed by atoms with E-state index in [1.807, 2.05) is 45.9 Å². The Balaban J connectivity index is 1.86. The molecule has 5 nitrogen and oxygen atoms in total. The maximum atomic E-state index is 11.9. The van der Waals surface area contributed by atoms with Crippen LogP contribution in [0.25, 0.3) is 0 Å². The van der Waals surface area contributed by atoms with Crippen LogP contribution >= 0.6 is 0 Å². The molecule has 0 aliphatic heterocycles. The van der Waals surface area contributed by atoms with Crippen molar-refractivity contribution in [1.29, 1.82) is 0 Å². The molecule has 0 heterocycles. The van der Waals surface area contributed by atoms with E-state index in [0.717, 1.165) is 11.1 Å². The molecule has 0 aromatic heterocycles. The van der Waals surface area contributed by atoms with E-state index in [9.17, 15) is 9.59 Å². The summed E-state index contributed by atoms with van der Waals surface area (Å²) in [6, 6.07) is 12.0. The van der Waals surface area contributed by atoms with Crippen molar-refractivity contribution >= 4 is 11.9 Å². The van der Waals surface area contributed by atoms with Gasteiger partial charge in [-0.1, -0.05) is 31.5 Å². The predicted molar refractivity (Wildman–Crippen MR) is 98.6 cm³/mol. The summed E-state index contributed by atoms with van der Waals surface area (Å²) in [6.45, 7) is 8.03. The topological polar surface area (TPSA) is 61.8 Å². The summed E-state index contributed by atoms with van der Waals surface area (Å²) in [5, 5.41) is 0. The molecule has 0 fully saturated rings.